The Balaban J connectivity index is 1.62. The van der Waals surface area contributed by atoms with Gasteiger partial charge in [-0.3, -0.25) is 4.79 Å². The number of rotatable bonds is 7. The largest absolute Gasteiger partial charge is 0.493 e. The van der Waals surface area contributed by atoms with Gasteiger partial charge in [0.2, 0.25) is 0 Å². The van der Waals surface area contributed by atoms with Crippen LogP contribution < -0.4 is 14.8 Å². The highest BCUT2D eigenvalue weighted by molar-refractivity contribution is 6.32. The van der Waals surface area contributed by atoms with E-state index in [9.17, 15) is 9.59 Å². The molecule has 0 amide bonds. The molecule has 0 spiro atoms. The number of ketones is 1. The molecule has 0 saturated carbocycles. The van der Waals surface area contributed by atoms with Crippen molar-refractivity contribution >= 4 is 29.1 Å². The second kappa shape index (κ2) is 10.1. The highest BCUT2D eigenvalue weighted by Gasteiger charge is 2.43. The fraction of sp³-hybridized carbons (Fsp3) is 0.200. The van der Waals surface area contributed by atoms with Gasteiger partial charge in [0.15, 0.2) is 17.3 Å². The number of carbonyl (C=O) groups excluding carboxylic acids is 2. The maximum Gasteiger partial charge on any atom is 0.336 e. The van der Waals surface area contributed by atoms with Gasteiger partial charge in [0.1, 0.15) is 6.61 Å². The van der Waals surface area contributed by atoms with Crippen LogP contribution in [0.3, 0.4) is 0 Å². The molecular formula is C30H26ClNO5. The van der Waals surface area contributed by atoms with Gasteiger partial charge in [0.05, 0.1) is 30.0 Å². The number of fused-ring (bicyclic) bond motifs is 2. The molecule has 3 aromatic rings. The number of allylic oxidation sites excluding steroid dienone is 2. The predicted octanol–water partition coefficient (Wildman–Crippen LogP) is 6.06. The van der Waals surface area contributed by atoms with E-state index in [0.717, 1.165) is 11.1 Å². The van der Waals surface area contributed by atoms with E-state index in [1.165, 1.54) is 7.11 Å². The summed E-state index contributed by atoms with van der Waals surface area (Å²) < 4.78 is 17.1. The van der Waals surface area contributed by atoms with Crippen LogP contribution in [0.15, 0.2) is 83.6 Å². The number of ether oxygens (including phenoxy) is 3. The number of dihydropyridines is 1. The van der Waals surface area contributed by atoms with Gasteiger partial charge in [0.25, 0.3) is 0 Å². The second-order valence-corrected chi connectivity index (χ2v) is 9.20. The van der Waals surface area contributed by atoms with Gasteiger partial charge in [-0.25, -0.2) is 4.79 Å². The van der Waals surface area contributed by atoms with Gasteiger partial charge in [0, 0.05) is 28.3 Å². The van der Waals surface area contributed by atoms with Crippen LogP contribution in [0, 0.1) is 0 Å². The summed E-state index contributed by atoms with van der Waals surface area (Å²) in [6, 6.07) is 20.6. The Labute approximate surface area is 220 Å². The second-order valence-electron chi connectivity index (χ2n) is 8.79. The average molecular weight is 516 g/mol. The van der Waals surface area contributed by atoms with Crippen LogP contribution in [0.2, 0.25) is 5.02 Å². The standard InChI is InChI=1S/C30H26ClNO5/c1-4-36-30(34)24-17(2)32-27-20-12-8-9-13-21(20)28(33)26(27)25(24)19-14-22(31)29(23(15-19)35-3)37-16-18-10-6-5-7-11-18/h5-15,25,32H,4,16H2,1-3H3/t25-/m0/s1. The summed E-state index contributed by atoms with van der Waals surface area (Å²) in [5.41, 5.74) is 5.15. The summed E-state index contributed by atoms with van der Waals surface area (Å²) in [4.78, 5) is 26.8. The van der Waals surface area contributed by atoms with Crippen LogP contribution in [0.5, 0.6) is 11.5 Å². The fourth-order valence-corrected chi connectivity index (χ4v) is 5.19. The summed E-state index contributed by atoms with van der Waals surface area (Å²) in [7, 11) is 1.53. The van der Waals surface area contributed by atoms with E-state index < -0.39 is 11.9 Å². The minimum atomic E-state index is -0.704. The highest BCUT2D eigenvalue weighted by atomic mass is 35.5. The summed E-state index contributed by atoms with van der Waals surface area (Å²) in [6.07, 6.45) is 0. The van der Waals surface area contributed by atoms with Crippen molar-refractivity contribution in [2.75, 3.05) is 13.7 Å². The molecule has 2 aliphatic rings. The number of esters is 1. The van der Waals surface area contributed by atoms with Crippen molar-refractivity contribution in [2.24, 2.45) is 0 Å². The molecule has 6 nitrogen and oxygen atoms in total. The van der Waals surface area contributed by atoms with Crippen molar-refractivity contribution in [1.82, 2.24) is 5.32 Å². The lowest BCUT2D eigenvalue weighted by Crippen LogP contribution is -2.29. The predicted molar refractivity (Wildman–Crippen MR) is 142 cm³/mol. The Kier molecular flexibility index (Phi) is 6.76. The monoisotopic (exact) mass is 515 g/mol. The number of hydrogen-bond acceptors (Lipinski definition) is 6. The lowest BCUT2D eigenvalue weighted by Gasteiger charge is -2.29. The number of Topliss-reactive ketones (excluding diaryl/α,β-unsaturated/α-hetero) is 1. The molecule has 0 radical (unpaired) electrons. The van der Waals surface area contributed by atoms with E-state index in [2.05, 4.69) is 5.32 Å². The van der Waals surface area contributed by atoms with Crippen molar-refractivity contribution in [3.8, 4) is 11.5 Å². The summed E-state index contributed by atoms with van der Waals surface area (Å²) in [5.74, 6) is -0.545. The lowest BCUT2D eigenvalue weighted by molar-refractivity contribution is -0.138. The van der Waals surface area contributed by atoms with Gasteiger partial charge in [-0.2, -0.15) is 0 Å². The Morgan fingerprint density at radius 3 is 2.43 bits per heavy atom. The van der Waals surface area contributed by atoms with Gasteiger partial charge >= 0.3 is 5.97 Å². The van der Waals surface area contributed by atoms with Crippen LogP contribution in [-0.4, -0.2) is 25.5 Å². The lowest BCUT2D eigenvalue weighted by atomic mass is 9.79. The Morgan fingerprint density at radius 1 is 1.03 bits per heavy atom. The smallest absolute Gasteiger partial charge is 0.336 e. The topological polar surface area (TPSA) is 73.9 Å². The quantitative estimate of drug-likeness (QED) is 0.386. The third kappa shape index (κ3) is 4.38. The Bertz CT molecular complexity index is 1460. The molecule has 0 saturated heterocycles. The Hall–Kier alpha value is -4.03. The first-order chi connectivity index (χ1) is 17.9. The van der Waals surface area contributed by atoms with Crippen molar-refractivity contribution in [3.63, 3.8) is 0 Å². The van der Waals surface area contributed by atoms with E-state index in [1.807, 2.05) is 55.5 Å². The zero-order valence-corrected chi connectivity index (χ0v) is 21.5. The molecule has 0 aromatic heterocycles. The zero-order chi connectivity index (χ0) is 26.1. The molecule has 0 fully saturated rings. The van der Waals surface area contributed by atoms with Gasteiger partial charge in [-0.1, -0.05) is 66.2 Å². The highest BCUT2D eigenvalue weighted by Crippen LogP contribution is 2.49. The molecule has 1 N–H and O–H groups in total. The molecule has 1 aliphatic heterocycles. The normalized spacial score (nSPS) is 16.2. The van der Waals surface area contributed by atoms with E-state index in [0.29, 0.717) is 56.8 Å². The van der Waals surface area contributed by atoms with E-state index >= 15 is 0 Å². The van der Waals surface area contributed by atoms with Crippen LogP contribution in [-0.2, 0) is 16.1 Å². The molecule has 7 heteroatoms. The van der Waals surface area contributed by atoms with Gasteiger partial charge in [-0.15, -0.1) is 0 Å². The number of halogens is 1. The van der Waals surface area contributed by atoms with E-state index in [4.69, 9.17) is 25.8 Å². The van der Waals surface area contributed by atoms with Crippen LogP contribution in [0.1, 0.15) is 46.8 Å². The minimum Gasteiger partial charge on any atom is -0.493 e. The first kappa shape index (κ1) is 24.7. The van der Waals surface area contributed by atoms with Crippen molar-refractivity contribution in [1.29, 1.82) is 0 Å². The molecule has 0 unspecified atom stereocenters. The number of methoxy groups -OCH3 is 1. The van der Waals surface area contributed by atoms with E-state index in [1.54, 1.807) is 25.1 Å². The first-order valence-corrected chi connectivity index (χ1v) is 12.4. The molecule has 188 valence electrons. The molecule has 1 heterocycles. The summed E-state index contributed by atoms with van der Waals surface area (Å²) in [5, 5.41) is 3.61. The maximum atomic E-state index is 13.7. The first-order valence-electron chi connectivity index (χ1n) is 12.0. The summed E-state index contributed by atoms with van der Waals surface area (Å²) in [6.45, 7) is 4.07. The molecule has 0 bridgehead atoms. The molecule has 1 atom stereocenters. The SMILES string of the molecule is CCOC(=O)C1=C(C)NC2=C(C(=O)c3ccccc32)[C@H]1c1cc(Cl)c(OCc2ccccc2)c(OC)c1. The fourth-order valence-electron chi connectivity index (χ4n) is 4.92. The average Bonchev–Trinajstić information content (AvgIpc) is 3.18. The zero-order valence-electron chi connectivity index (χ0n) is 20.8. The van der Waals surface area contributed by atoms with Crippen LogP contribution >= 0.6 is 11.6 Å². The van der Waals surface area contributed by atoms with Crippen LogP contribution in [0.4, 0.5) is 0 Å². The molecule has 37 heavy (non-hydrogen) atoms. The number of benzene rings is 3. The van der Waals surface area contributed by atoms with Gasteiger partial charge < -0.3 is 19.5 Å². The van der Waals surface area contributed by atoms with E-state index in [-0.39, 0.29) is 12.4 Å². The maximum absolute atomic E-state index is 13.7. The number of carbonyl (C=O) groups is 2. The molecule has 3 aromatic carbocycles. The van der Waals surface area contributed by atoms with Crippen molar-refractivity contribution in [2.45, 2.75) is 26.4 Å². The Morgan fingerprint density at radius 2 is 1.73 bits per heavy atom. The van der Waals surface area contributed by atoms with Gasteiger partial charge in [-0.05, 0) is 37.1 Å². The summed E-state index contributed by atoms with van der Waals surface area (Å²) >= 11 is 6.74. The van der Waals surface area contributed by atoms with Crippen molar-refractivity contribution < 1.29 is 23.8 Å². The van der Waals surface area contributed by atoms with Crippen molar-refractivity contribution in [3.05, 3.63) is 111 Å². The third-order valence-electron chi connectivity index (χ3n) is 6.56. The molecular weight excluding hydrogens is 490 g/mol. The third-order valence-corrected chi connectivity index (χ3v) is 6.84. The molecule has 5 rings (SSSR count). The number of nitrogens with one attached hydrogen (secondary N) is 1. The molecule has 1 aliphatic carbocycles. The number of hydrogen-bond donors (Lipinski definition) is 1. The van der Waals surface area contributed by atoms with Crippen LogP contribution in [0.25, 0.3) is 5.70 Å². The minimum absolute atomic E-state index is 0.142.